The fraction of sp³-hybridized carbons (Fsp3) is 0.533. The number of benzene rings is 1. The number of anilines is 1. The van der Waals surface area contributed by atoms with E-state index in [-0.39, 0.29) is 6.03 Å². The van der Waals surface area contributed by atoms with Gasteiger partial charge in [0, 0.05) is 46.2 Å². The minimum absolute atomic E-state index is 0.104. The highest BCUT2D eigenvalue weighted by Crippen LogP contribution is 2.18. The normalized spacial score (nSPS) is 11.3. The number of nitrogens with one attached hydrogen (secondary N) is 1. The highest BCUT2D eigenvalue weighted by atomic mass is 28.4. The molecule has 0 spiro atoms. The van der Waals surface area contributed by atoms with Crippen molar-refractivity contribution in [2.24, 2.45) is 0 Å². The molecular weight excluding hydrogens is 300 g/mol. The second-order valence-corrected chi connectivity index (χ2v) is 7.81. The van der Waals surface area contributed by atoms with E-state index in [2.05, 4.69) is 5.32 Å². The van der Waals surface area contributed by atoms with Gasteiger partial charge in [0.1, 0.15) is 0 Å². The molecule has 22 heavy (non-hydrogen) atoms. The Hall–Kier alpha value is -1.41. The van der Waals surface area contributed by atoms with Crippen molar-refractivity contribution in [2.45, 2.75) is 19.4 Å². The van der Waals surface area contributed by atoms with Crippen molar-refractivity contribution in [3.63, 3.8) is 0 Å². The maximum Gasteiger partial charge on any atom is 0.500 e. The number of rotatable bonds is 9. The van der Waals surface area contributed by atoms with Crippen LogP contribution >= 0.6 is 0 Å². The largest absolute Gasteiger partial charge is 0.500 e. The summed E-state index contributed by atoms with van der Waals surface area (Å²) in [6.07, 6.45) is 0.730. The lowest BCUT2D eigenvalue weighted by Crippen LogP contribution is -2.45. The molecule has 1 aromatic carbocycles. The van der Waals surface area contributed by atoms with Gasteiger partial charge in [-0.1, -0.05) is 18.2 Å². The van der Waals surface area contributed by atoms with Gasteiger partial charge in [0.25, 0.3) is 0 Å². The minimum Gasteiger partial charge on any atom is -0.377 e. The first-order chi connectivity index (χ1) is 10.6. The number of hydrogen-bond acceptors (Lipinski definition) is 4. The summed E-state index contributed by atoms with van der Waals surface area (Å²) in [4.78, 5) is 14.0. The van der Waals surface area contributed by atoms with Crippen LogP contribution in [0.15, 0.2) is 30.3 Å². The monoisotopic (exact) mass is 326 g/mol. The van der Waals surface area contributed by atoms with E-state index in [1.54, 1.807) is 26.2 Å². The van der Waals surface area contributed by atoms with E-state index in [0.717, 1.165) is 12.1 Å². The maximum absolute atomic E-state index is 12.2. The number of hydrogen-bond donors (Lipinski definition) is 1. The second-order valence-electron chi connectivity index (χ2n) is 4.72. The average molecular weight is 326 g/mol. The predicted octanol–water partition coefficient (Wildman–Crippen LogP) is 2.49. The molecule has 0 saturated heterocycles. The Labute approximate surface area is 133 Å². The lowest BCUT2D eigenvalue weighted by molar-refractivity contribution is 0.123. The Kier molecular flexibility index (Phi) is 8.11. The number of carbonyl (C=O) groups is 1. The molecule has 1 aromatic rings. The number of nitrogens with zero attached hydrogens (tertiary/aromatic N) is 1. The van der Waals surface area contributed by atoms with Crippen molar-refractivity contribution in [1.82, 2.24) is 5.32 Å². The molecule has 0 aliphatic heterocycles. The molecule has 0 heterocycles. The van der Waals surface area contributed by atoms with Crippen molar-refractivity contribution in [2.75, 3.05) is 39.3 Å². The molecule has 0 fully saturated rings. The first kappa shape index (κ1) is 18.6. The van der Waals surface area contributed by atoms with E-state index in [0.29, 0.717) is 19.1 Å². The maximum atomic E-state index is 12.2. The van der Waals surface area contributed by atoms with Gasteiger partial charge in [0.15, 0.2) is 0 Å². The molecule has 0 aromatic heterocycles. The van der Waals surface area contributed by atoms with Crippen LogP contribution in [0, 0.1) is 0 Å². The third kappa shape index (κ3) is 5.10. The van der Waals surface area contributed by atoms with E-state index in [9.17, 15) is 4.79 Å². The Morgan fingerprint density at radius 1 is 1.14 bits per heavy atom. The van der Waals surface area contributed by atoms with Gasteiger partial charge >= 0.3 is 14.8 Å². The summed E-state index contributed by atoms with van der Waals surface area (Å²) in [5.74, 6) is 0. The Bertz CT molecular complexity index is 432. The zero-order valence-electron chi connectivity index (χ0n) is 13.8. The van der Waals surface area contributed by atoms with Gasteiger partial charge in [0.2, 0.25) is 0 Å². The lowest BCUT2D eigenvalue weighted by atomic mass is 10.3. The molecule has 0 saturated carbocycles. The van der Waals surface area contributed by atoms with E-state index < -0.39 is 8.80 Å². The van der Waals surface area contributed by atoms with Crippen molar-refractivity contribution in [1.29, 1.82) is 0 Å². The summed E-state index contributed by atoms with van der Waals surface area (Å²) >= 11 is 0. The minimum atomic E-state index is -2.60. The molecule has 0 radical (unpaired) electrons. The average Bonchev–Trinajstić information content (AvgIpc) is 2.57. The van der Waals surface area contributed by atoms with Gasteiger partial charge in [-0.15, -0.1) is 0 Å². The van der Waals surface area contributed by atoms with Crippen LogP contribution in [-0.2, 0) is 13.3 Å². The highest BCUT2D eigenvalue weighted by Gasteiger charge is 2.37. The van der Waals surface area contributed by atoms with Crippen LogP contribution in [0.5, 0.6) is 0 Å². The summed E-state index contributed by atoms with van der Waals surface area (Å²) in [6, 6.07) is 10.1. The van der Waals surface area contributed by atoms with Crippen LogP contribution in [0.4, 0.5) is 10.5 Å². The molecule has 0 aliphatic rings. The van der Waals surface area contributed by atoms with Crippen LogP contribution in [0.1, 0.15) is 13.3 Å². The molecule has 1 N–H and O–H groups in total. The van der Waals surface area contributed by atoms with Crippen molar-refractivity contribution in [3.05, 3.63) is 30.3 Å². The number of urea groups is 1. The second kappa shape index (κ2) is 9.57. The van der Waals surface area contributed by atoms with Gasteiger partial charge in [-0.25, -0.2) is 4.79 Å². The van der Waals surface area contributed by atoms with Crippen LogP contribution in [0.3, 0.4) is 0 Å². The number of amides is 2. The quantitative estimate of drug-likeness (QED) is 0.708. The Morgan fingerprint density at radius 3 is 2.23 bits per heavy atom. The molecular formula is C15H26N2O4Si. The van der Waals surface area contributed by atoms with Gasteiger partial charge in [-0.2, -0.15) is 0 Å². The fourth-order valence-electron chi connectivity index (χ4n) is 2.21. The fourth-order valence-corrected chi connectivity index (χ4v) is 3.92. The first-order valence-electron chi connectivity index (χ1n) is 7.38. The lowest BCUT2D eigenvalue weighted by Gasteiger charge is -2.27. The van der Waals surface area contributed by atoms with E-state index >= 15 is 0 Å². The predicted molar refractivity (Wildman–Crippen MR) is 89.1 cm³/mol. The molecule has 1 rings (SSSR count). The molecule has 0 aliphatic carbocycles. The summed E-state index contributed by atoms with van der Waals surface area (Å²) in [6.45, 7) is 3.07. The van der Waals surface area contributed by atoms with Crippen LogP contribution in [0.2, 0.25) is 6.04 Å². The highest BCUT2D eigenvalue weighted by molar-refractivity contribution is 6.60. The van der Waals surface area contributed by atoms with Crippen molar-refractivity contribution < 1.29 is 18.1 Å². The zero-order valence-corrected chi connectivity index (χ0v) is 14.8. The first-order valence-corrected chi connectivity index (χ1v) is 9.31. The van der Waals surface area contributed by atoms with Crippen LogP contribution in [-0.4, -0.2) is 49.3 Å². The summed E-state index contributed by atoms with van der Waals surface area (Å²) in [5, 5.41) is 2.84. The molecule has 7 heteroatoms. The van der Waals surface area contributed by atoms with Crippen molar-refractivity contribution >= 4 is 20.5 Å². The Balaban J connectivity index is 2.72. The summed E-state index contributed by atoms with van der Waals surface area (Å²) in [5.41, 5.74) is 0.868. The smallest absolute Gasteiger partial charge is 0.377 e. The van der Waals surface area contributed by atoms with E-state index in [4.69, 9.17) is 13.3 Å². The van der Waals surface area contributed by atoms with Crippen LogP contribution in [0.25, 0.3) is 0 Å². The molecule has 0 unspecified atom stereocenters. The van der Waals surface area contributed by atoms with E-state index in [1.165, 1.54) is 0 Å². The summed E-state index contributed by atoms with van der Waals surface area (Å²) in [7, 11) is 2.19. The van der Waals surface area contributed by atoms with Gasteiger partial charge in [0.05, 0.1) is 0 Å². The molecule has 6 nitrogen and oxygen atoms in total. The number of para-hydroxylation sites is 1. The van der Waals surface area contributed by atoms with Crippen molar-refractivity contribution in [3.8, 4) is 0 Å². The topological polar surface area (TPSA) is 60.0 Å². The summed E-state index contributed by atoms with van der Waals surface area (Å²) < 4.78 is 16.2. The molecule has 0 bridgehead atoms. The van der Waals surface area contributed by atoms with Crippen LogP contribution < -0.4 is 10.2 Å². The molecule has 2 amide bonds. The van der Waals surface area contributed by atoms with E-state index in [1.807, 2.05) is 37.3 Å². The standard InChI is InChI=1S/C15H26N2O4Si/c1-5-16-15(18)17(14-10-7-6-8-11-14)12-9-13-22(19-2,20-3)21-4/h6-8,10-11H,5,9,12-13H2,1-4H3,(H,16,18). The third-order valence-corrected chi connectivity index (χ3v) is 6.27. The van der Waals surface area contributed by atoms with Gasteiger partial charge in [-0.3, -0.25) is 4.90 Å². The molecule has 0 atom stereocenters. The SMILES string of the molecule is CCNC(=O)N(CCC[Si](OC)(OC)OC)c1ccccc1. The van der Waals surface area contributed by atoms with Gasteiger partial charge in [-0.05, 0) is 25.5 Å². The van der Waals surface area contributed by atoms with Gasteiger partial charge < -0.3 is 18.6 Å². The Morgan fingerprint density at radius 2 is 1.73 bits per heavy atom. The zero-order chi connectivity index (χ0) is 16.4. The number of carbonyl (C=O) groups excluding carboxylic acids is 1. The third-order valence-electron chi connectivity index (χ3n) is 3.44. The molecule has 124 valence electrons.